The maximum atomic E-state index is 12.1. The molecule has 7 heteroatoms. The fourth-order valence-electron chi connectivity index (χ4n) is 2.31. The van der Waals surface area contributed by atoms with E-state index in [1.807, 2.05) is 6.92 Å². The van der Waals surface area contributed by atoms with Gasteiger partial charge in [0.05, 0.1) is 17.7 Å². The Kier molecular flexibility index (Phi) is 4.15. The first kappa shape index (κ1) is 16.3. The molecule has 3 rings (SSSR count). The third kappa shape index (κ3) is 2.69. The molecule has 24 heavy (non-hydrogen) atoms. The van der Waals surface area contributed by atoms with Crippen molar-refractivity contribution in [1.29, 1.82) is 0 Å². The zero-order valence-electron chi connectivity index (χ0n) is 13.8. The molecule has 0 spiro atoms. The van der Waals surface area contributed by atoms with E-state index in [0.29, 0.717) is 38.9 Å². The second kappa shape index (κ2) is 6.13. The van der Waals surface area contributed by atoms with Crippen molar-refractivity contribution in [3.63, 3.8) is 0 Å². The van der Waals surface area contributed by atoms with Gasteiger partial charge in [0.25, 0.3) is 5.91 Å². The zero-order valence-corrected chi connectivity index (χ0v) is 14.5. The van der Waals surface area contributed by atoms with E-state index in [-0.39, 0.29) is 5.91 Å². The molecule has 0 aliphatic heterocycles. The smallest absolute Gasteiger partial charge is 0.255 e. The number of furan rings is 1. The summed E-state index contributed by atoms with van der Waals surface area (Å²) in [6.45, 7) is 1.86. The number of nitrogens with zero attached hydrogens (tertiary/aromatic N) is 3. The van der Waals surface area contributed by atoms with E-state index < -0.39 is 0 Å². The summed E-state index contributed by atoms with van der Waals surface area (Å²) < 4.78 is 11.2. The Morgan fingerprint density at radius 3 is 2.67 bits per heavy atom. The van der Waals surface area contributed by atoms with Gasteiger partial charge in [-0.1, -0.05) is 11.6 Å². The van der Waals surface area contributed by atoms with Crippen molar-refractivity contribution in [3.05, 3.63) is 40.7 Å². The van der Waals surface area contributed by atoms with Gasteiger partial charge in [0.15, 0.2) is 11.3 Å². The number of fused-ring (bicyclic) bond motifs is 1. The van der Waals surface area contributed by atoms with Crippen molar-refractivity contribution in [3.8, 4) is 17.2 Å². The molecule has 0 fully saturated rings. The Labute approximate surface area is 144 Å². The number of ether oxygens (including phenoxy) is 1. The van der Waals surface area contributed by atoms with E-state index in [9.17, 15) is 4.79 Å². The number of aromatic nitrogens is 2. The molecule has 3 aromatic rings. The van der Waals surface area contributed by atoms with Crippen molar-refractivity contribution in [2.75, 3.05) is 21.2 Å². The van der Waals surface area contributed by atoms with Crippen LogP contribution in [0.3, 0.4) is 0 Å². The second-order valence-electron chi connectivity index (χ2n) is 5.55. The average Bonchev–Trinajstić information content (AvgIpc) is 3.01. The van der Waals surface area contributed by atoms with Crippen molar-refractivity contribution >= 4 is 28.6 Å². The van der Waals surface area contributed by atoms with Gasteiger partial charge in [-0.15, -0.1) is 0 Å². The van der Waals surface area contributed by atoms with Crippen LogP contribution in [0.2, 0.25) is 5.02 Å². The highest BCUT2D eigenvalue weighted by molar-refractivity contribution is 6.35. The molecule has 6 nitrogen and oxygen atoms in total. The van der Waals surface area contributed by atoms with E-state index >= 15 is 0 Å². The van der Waals surface area contributed by atoms with Crippen LogP contribution in [0.15, 0.2) is 28.9 Å². The quantitative estimate of drug-likeness (QED) is 0.726. The van der Waals surface area contributed by atoms with Crippen LogP contribution in [-0.4, -0.2) is 42.0 Å². The Morgan fingerprint density at radius 2 is 2.00 bits per heavy atom. The summed E-state index contributed by atoms with van der Waals surface area (Å²) in [5, 5.41) is 0.518. The SMILES string of the molecule is COc1cc(C(=O)N(C)C)cnc1-c1cc2ncc(C)c(Cl)c2o1. The van der Waals surface area contributed by atoms with Gasteiger partial charge in [-0.05, 0) is 18.6 Å². The predicted octanol–water partition coefficient (Wildman–Crippen LogP) is 3.56. The van der Waals surface area contributed by atoms with E-state index in [1.165, 1.54) is 18.2 Å². The lowest BCUT2D eigenvalue weighted by Crippen LogP contribution is -2.21. The van der Waals surface area contributed by atoms with Gasteiger partial charge >= 0.3 is 0 Å². The van der Waals surface area contributed by atoms with Crippen molar-refractivity contribution in [2.24, 2.45) is 0 Å². The molecule has 124 valence electrons. The number of carbonyl (C=O) groups excluding carboxylic acids is 1. The molecule has 0 saturated heterocycles. The molecule has 3 aromatic heterocycles. The topological polar surface area (TPSA) is 68.5 Å². The van der Waals surface area contributed by atoms with Gasteiger partial charge < -0.3 is 14.1 Å². The molecule has 0 bridgehead atoms. The summed E-state index contributed by atoms with van der Waals surface area (Å²) in [5.74, 6) is 0.762. The summed E-state index contributed by atoms with van der Waals surface area (Å²) in [7, 11) is 4.87. The minimum atomic E-state index is -0.155. The average molecular weight is 346 g/mol. The first-order valence-corrected chi connectivity index (χ1v) is 7.61. The summed E-state index contributed by atoms with van der Waals surface area (Å²) >= 11 is 6.27. The number of methoxy groups -OCH3 is 1. The molecule has 0 saturated carbocycles. The monoisotopic (exact) mass is 345 g/mol. The number of aryl methyl sites for hydroxylation is 1. The molecular formula is C17H16ClN3O3. The van der Waals surface area contributed by atoms with Crippen LogP contribution in [0.1, 0.15) is 15.9 Å². The van der Waals surface area contributed by atoms with Crippen LogP contribution in [0, 0.1) is 6.92 Å². The van der Waals surface area contributed by atoms with Gasteiger partial charge in [-0.25, -0.2) is 4.98 Å². The van der Waals surface area contributed by atoms with Crippen LogP contribution < -0.4 is 4.74 Å². The normalized spacial score (nSPS) is 10.9. The fraction of sp³-hybridized carbons (Fsp3) is 0.235. The van der Waals surface area contributed by atoms with Crippen LogP contribution in [-0.2, 0) is 0 Å². The number of rotatable bonds is 3. The Hall–Kier alpha value is -2.60. The van der Waals surface area contributed by atoms with Crippen LogP contribution in [0.4, 0.5) is 0 Å². The standard InChI is InChI=1S/C17H16ClN3O3/c1-9-7-19-11-6-13(24-16(11)14(9)18)15-12(23-4)5-10(8-20-15)17(22)21(2)3/h5-8H,1-4H3. The molecule has 3 heterocycles. The molecule has 0 radical (unpaired) electrons. The van der Waals surface area contributed by atoms with Crippen LogP contribution >= 0.6 is 11.6 Å². The molecule has 0 atom stereocenters. The lowest BCUT2D eigenvalue weighted by atomic mass is 10.2. The van der Waals surface area contributed by atoms with Gasteiger partial charge in [-0.2, -0.15) is 0 Å². The van der Waals surface area contributed by atoms with Crippen molar-refractivity contribution in [1.82, 2.24) is 14.9 Å². The Morgan fingerprint density at radius 1 is 1.25 bits per heavy atom. The Bertz CT molecular complexity index is 934. The molecule has 1 amide bonds. The summed E-state index contributed by atoms with van der Waals surface area (Å²) in [6.07, 6.45) is 3.18. The molecular weight excluding hydrogens is 330 g/mol. The highest BCUT2D eigenvalue weighted by atomic mass is 35.5. The first-order chi connectivity index (χ1) is 11.4. The highest BCUT2D eigenvalue weighted by Gasteiger charge is 2.18. The summed E-state index contributed by atoms with van der Waals surface area (Å²) in [5.41, 5.74) is 2.89. The lowest BCUT2D eigenvalue weighted by Gasteiger charge is -2.12. The maximum Gasteiger partial charge on any atom is 0.255 e. The maximum absolute atomic E-state index is 12.1. The fourth-order valence-corrected chi connectivity index (χ4v) is 2.50. The number of hydrogen-bond acceptors (Lipinski definition) is 5. The molecule has 0 unspecified atom stereocenters. The molecule has 0 N–H and O–H groups in total. The number of pyridine rings is 2. The molecule has 0 aromatic carbocycles. The third-order valence-electron chi connectivity index (χ3n) is 3.61. The Balaban J connectivity index is 2.12. The second-order valence-corrected chi connectivity index (χ2v) is 5.93. The van der Waals surface area contributed by atoms with Crippen LogP contribution in [0.25, 0.3) is 22.6 Å². The predicted molar refractivity (Wildman–Crippen MR) is 91.6 cm³/mol. The van der Waals surface area contributed by atoms with Crippen LogP contribution in [0.5, 0.6) is 5.75 Å². The van der Waals surface area contributed by atoms with E-state index in [1.54, 1.807) is 32.4 Å². The van der Waals surface area contributed by atoms with Crippen molar-refractivity contribution in [2.45, 2.75) is 6.92 Å². The summed E-state index contributed by atoms with van der Waals surface area (Å²) in [4.78, 5) is 22.2. The largest absolute Gasteiger partial charge is 0.494 e. The molecule has 0 aliphatic carbocycles. The van der Waals surface area contributed by atoms with Crippen molar-refractivity contribution < 1.29 is 13.9 Å². The van der Waals surface area contributed by atoms with Gasteiger partial charge in [0.2, 0.25) is 0 Å². The minimum absolute atomic E-state index is 0.155. The third-order valence-corrected chi connectivity index (χ3v) is 4.08. The van der Waals surface area contributed by atoms with Gasteiger partial charge in [-0.3, -0.25) is 9.78 Å². The van der Waals surface area contributed by atoms with E-state index in [4.69, 9.17) is 20.8 Å². The number of amides is 1. The van der Waals surface area contributed by atoms with E-state index in [0.717, 1.165) is 5.56 Å². The highest BCUT2D eigenvalue weighted by Crippen LogP contribution is 2.35. The summed E-state index contributed by atoms with van der Waals surface area (Å²) in [6, 6.07) is 3.39. The number of halogens is 1. The number of carbonyl (C=O) groups is 1. The van der Waals surface area contributed by atoms with E-state index in [2.05, 4.69) is 9.97 Å². The molecule has 0 aliphatic rings. The first-order valence-electron chi connectivity index (χ1n) is 7.23. The minimum Gasteiger partial charge on any atom is -0.494 e. The van der Waals surface area contributed by atoms with Gasteiger partial charge in [0, 0.05) is 32.6 Å². The number of hydrogen-bond donors (Lipinski definition) is 0. The lowest BCUT2D eigenvalue weighted by molar-refractivity contribution is 0.0827. The zero-order chi connectivity index (χ0) is 17.4. The van der Waals surface area contributed by atoms with Gasteiger partial charge in [0.1, 0.15) is 17.0 Å².